The van der Waals surface area contributed by atoms with Crippen LogP contribution in [-0.4, -0.2) is 24.9 Å². The highest BCUT2D eigenvalue weighted by Gasteiger charge is 2.31. The van der Waals surface area contributed by atoms with Crippen molar-refractivity contribution in [3.8, 4) is 5.69 Å². The van der Waals surface area contributed by atoms with Gasteiger partial charge in [-0.3, -0.25) is 9.55 Å². The Balaban J connectivity index is 1.29. The van der Waals surface area contributed by atoms with Crippen LogP contribution in [0.2, 0.25) is 5.02 Å². The van der Waals surface area contributed by atoms with E-state index in [0.717, 1.165) is 71.4 Å². The molecule has 0 bridgehead atoms. The Morgan fingerprint density at radius 2 is 1.90 bits per heavy atom. The van der Waals surface area contributed by atoms with Gasteiger partial charge in [-0.2, -0.15) is 0 Å². The molecule has 0 unspecified atom stereocenters. The summed E-state index contributed by atoms with van der Waals surface area (Å²) in [6, 6.07) is 9.86. The van der Waals surface area contributed by atoms with Crippen molar-refractivity contribution in [2.45, 2.75) is 50.6 Å². The standard InChI is InChI=1S/C22H21ClN6O/c23-16-7-8-17-15(10-16)11-24-12-19-26-27-22(29(17)19)14-5-3-13(4-6-14)20-21-18(30-28-20)2-1-9-25-21/h1-2,7-10,13-14,24H,3-6,11-12H2. The molecular weight excluding hydrogens is 400 g/mol. The number of halogens is 1. The number of pyridine rings is 1. The van der Waals surface area contributed by atoms with Crippen molar-refractivity contribution in [2.24, 2.45) is 0 Å². The van der Waals surface area contributed by atoms with Crippen LogP contribution in [0.5, 0.6) is 0 Å². The first kappa shape index (κ1) is 18.0. The second-order valence-corrected chi connectivity index (χ2v) is 8.59. The molecule has 1 fully saturated rings. The van der Waals surface area contributed by atoms with E-state index in [9.17, 15) is 0 Å². The van der Waals surface area contributed by atoms with Crippen LogP contribution in [0.25, 0.3) is 16.8 Å². The summed E-state index contributed by atoms with van der Waals surface area (Å²) in [4.78, 5) is 4.49. The first-order chi connectivity index (χ1) is 14.8. The zero-order valence-corrected chi connectivity index (χ0v) is 17.1. The van der Waals surface area contributed by atoms with Gasteiger partial charge in [0.15, 0.2) is 11.4 Å². The highest BCUT2D eigenvalue weighted by atomic mass is 35.5. The Bertz CT molecular complexity index is 1220. The van der Waals surface area contributed by atoms with Crippen LogP contribution < -0.4 is 5.32 Å². The molecule has 0 radical (unpaired) electrons. The first-order valence-corrected chi connectivity index (χ1v) is 10.8. The maximum atomic E-state index is 6.24. The van der Waals surface area contributed by atoms with Gasteiger partial charge in [-0.15, -0.1) is 10.2 Å². The van der Waals surface area contributed by atoms with Gasteiger partial charge in [0, 0.05) is 29.6 Å². The molecule has 152 valence electrons. The first-order valence-electron chi connectivity index (χ1n) is 10.4. The number of nitrogens with one attached hydrogen (secondary N) is 1. The van der Waals surface area contributed by atoms with Gasteiger partial charge < -0.3 is 9.84 Å². The lowest BCUT2D eigenvalue weighted by atomic mass is 9.80. The fraction of sp³-hybridized carbons (Fsp3) is 0.364. The summed E-state index contributed by atoms with van der Waals surface area (Å²) in [7, 11) is 0. The average Bonchev–Trinajstić information content (AvgIpc) is 3.34. The number of aromatic nitrogens is 5. The summed E-state index contributed by atoms with van der Waals surface area (Å²) in [5, 5.41) is 17.6. The van der Waals surface area contributed by atoms with Crippen molar-refractivity contribution in [1.29, 1.82) is 0 Å². The topological polar surface area (TPSA) is 81.7 Å². The van der Waals surface area contributed by atoms with Crippen LogP contribution in [0.1, 0.15) is 60.4 Å². The highest BCUT2D eigenvalue weighted by molar-refractivity contribution is 6.30. The molecule has 4 aromatic rings. The molecule has 1 saturated carbocycles. The van der Waals surface area contributed by atoms with Crippen LogP contribution in [0, 0.1) is 0 Å². The molecule has 2 aliphatic rings. The number of rotatable bonds is 2. The molecule has 1 N–H and O–H groups in total. The summed E-state index contributed by atoms with van der Waals surface area (Å²) >= 11 is 6.24. The van der Waals surface area contributed by atoms with Crippen molar-refractivity contribution in [2.75, 3.05) is 0 Å². The van der Waals surface area contributed by atoms with Gasteiger partial charge in [-0.05, 0) is 61.6 Å². The Hall–Kier alpha value is -2.77. The van der Waals surface area contributed by atoms with Crippen LogP contribution in [0.4, 0.5) is 0 Å². The molecule has 0 saturated heterocycles. The Morgan fingerprint density at radius 1 is 1.03 bits per heavy atom. The number of nitrogens with zero attached hydrogens (tertiary/aromatic N) is 5. The zero-order chi connectivity index (χ0) is 20.1. The van der Waals surface area contributed by atoms with Gasteiger partial charge in [0.05, 0.1) is 12.2 Å². The maximum absolute atomic E-state index is 6.24. The average molecular weight is 421 g/mol. The van der Waals surface area contributed by atoms with Crippen molar-refractivity contribution in [3.05, 3.63) is 64.5 Å². The van der Waals surface area contributed by atoms with E-state index < -0.39 is 0 Å². The smallest absolute Gasteiger partial charge is 0.185 e. The molecule has 1 aromatic carbocycles. The summed E-state index contributed by atoms with van der Waals surface area (Å²) in [6.45, 7) is 1.48. The molecule has 8 heteroatoms. The van der Waals surface area contributed by atoms with E-state index in [1.807, 2.05) is 24.3 Å². The SMILES string of the molecule is Clc1ccc2c(c1)CNCc1nnc(C3CCC(c4noc5cccnc45)CC3)n1-2. The molecule has 6 rings (SSSR count). The van der Waals surface area contributed by atoms with Gasteiger partial charge in [0.25, 0.3) is 0 Å². The van der Waals surface area contributed by atoms with E-state index in [4.69, 9.17) is 16.1 Å². The van der Waals surface area contributed by atoms with Crippen LogP contribution in [0.15, 0.2) is 41.1 Å². The lowest BCUT2D eigenvalue weighted by molar-refractivity contribution is 0.360. The maximum Gasteiger partial charge on any atom is 0.185 e. The Kier molecular flexibility index (Phi) is 4.32. The molecule has 4 heterocycles. The van der Waals surface area contributed by atoms with E-state index in [1.54, 1.807) is 6.20 Å². The molecule has 7 nitrogen and oxygen atoms in total. The predicted molar refractivity (Wildman–Crippen MR) is 113 cm³/mol. The van der Waals surface area contributed by atoms with Crippen LogP contribution in [0.3, 0.4) is 0 Å². The second kappa shape index (κ2) is 7.18. The molecular formula is C22H21ClN6O. The summed E-state index contributed by atoms with van der Waals surface area (Å²) in [5.41, 5.74) is 4.96. The minimum absolute atomic E-state index is 0.371. The third-order valence-corrected chi connectivity index (χ3v) is 6.61. The van der Waals surface area contributed by atoms with Crippen LogP contribution >= 0.6 is 11.6 Å². The zero-order valence-electron chi connectivity index (χ0n) is 16.4. The number of hydrogen-bond acceptors (Lipinski definition) is 6. The fourth-order valence-corrected chi connectivity index (χ4v) is 5.08. The lowest BCUT2D eigenvalue weighted by Gasteiger charge is -2.27. The number of benzene rings is 1. The molecule has 1 aliphatic carbocycles. The molecule has 0 spiro atoms. The quantitative estimate of drug-likeness (QED) is 0.514. The molecule has 1 aliphatic heterocycles. The van der Waals surface area contributed by atoms with Gasteiger partial charge >= 0.3 is 0 Å². The number of fused-ring (bicyclic) bond motifs is 4. The minimum Gasteiger partial charge on any atom is -0.354 e. The van der Waals surface area contributed by atoms with E-state index in [-0.39, 0.29) is 0 Å². The normalized spacial score (nSPS) is 21.2. The summed E-state index contributed by atoms with van der Waals surface area (Å²) in [6.07, 6.45) is 5.96. The Labute approximate surface area is 178 Å². The lowest BCUT2D eigenvalue weighted by Crippen LogP contribution is -2.17. The van der Waals surface area contributed by atoms with E-state index in [2.05, 4.69) is 36.3 Å². The molecule has 0 atom stereocenters. The predicted octanol–water partition coefficient (Wildman–Crippen LogP) is 4.50. The van der Waals surface area contributed by atoms with Crippen LogP contribution in [-0.2, 0) is 13.1 Å². The third kappa shape index (κ3) is 2.92. The van der Waals surface area contributed by atoms with Crippen molar-refractivity contribution in [3.63, 3.8) is 0 Å². The van der Waals surface area contributed by atoms with Gasteiger partial charge in [-0.25, -0.2) is 0 Å². The number of hydrogen-bond donors (Lipinski definition) is 1. The highest BCUT2D eigenvalue weighted by Crippen LogP contribution is 2.42. The molecule has 0 amide bonds. The van der Waals surface area contributed by atoms with Crippen molar-refractivity contribution in [1.82, 2.24) is 30.2 Å². The third-order valence-electron chi connectivity index (χ3n) is 6.37. The molecule has 30 heavy (non-hydrogen) atoms. The van der Waals surface area contributed by atoms with E-state index >= 15 is 0 Å². The van der Waals surface area contributed by atoms with E-state index in [1.165, 1.54) is 5.56 Å². The van der Waals surface area contributed by atoms with Gasteiger partial charge in [-0.1, -0.05) is 16.8 Å². The van der Waals surface area contributed by atoms with Crippen molar-refractivity contribution < 1.29 is 4.52 Å². The summed E-state index contributed by atoms with van der Waals surface area (Å²) < 4.78 is 7.72. The minimum atomic E-state index is 0.371. The van der Waals surface area contributed by atoms with Crippen molar-refractivity contribution >= 4 is 22.7 Å². The van der Waals surface area contributed by atoms with Gasteiger partial charge in [0.1, 0.15) is 17.0 Å². The molecule has 3 aromatic heterocycles. The monoisotopic (exact) mass is 420 g/mol. The second-order valence-electron chi connectivity index (χ2n) is 8.15. The largest absolute Gasteiger partial charge is 0.354 e. The fourth-order valence-electron chi connectivity index (χ4n) is 4.89. The summed E-state index contributed by atoms with van der Waals surface area (Å²) in [5.74, 6) is 2.76. The Morgan fingerprint density at radius 3 is 2.80 bits per heavy atom. The van der Waals surface area contributed by atoms with E-state index in [0.29, 0.717) is 18.4 Å². The van der Waals surface area contributed by atoms with Gasteiger partial charge in [0.2, 0.25) is 0 Å².